The fourth-order valence-electron chi connectivity index (χ4n) is 2.49. The van der Waals surface area contributed by atoms with Crippen molar-refractivity contribution in [3.63, 3.8) is 0 Å². The summed E-state index contributed by atoms with van der Waals surface area (Å²) >= 11 is 1.22. The first-order chi connectivity index (χ1) is 10.1. The van der Waals surface area contributed by atoms with Crippen molar-refractivity contribution in [3.05, 3.63) is 17.0 Å². The van der Waals surface area contributed by atoms with Gasteiger partial charge in [-0.1, -0.05) is 6.42 Å². The van der Waals surface area contributed by atoms with Gasteiger partial charge < -0.3 is 5.32 Å². The first-order valence-corrected chi connectivity index (χ1v) is 9.69. The summed E-state index contributed by atoms with van der Waals surface area (Å²) in [5.41, 5.74) is 0. The van der Waals surface area contributed by atoms with Gasteiger partial charge in [-0.15, -0.1) is 11.3 Å². The molecule has 2 fully saturated rings. The second-order valence-electron chi connectivity index (χ2n) is 5.70. The first kappa shape index (κ1) is 15.0. The fourth-order valence-corrected chi connectivity index (χ4v) is 5.51. The van der Waals surface area contributed by atoms with E-state index >= 15 is 0 Å². The number of carbonyl (C=O) groups excluding carboxylic acids is 1. The molecule has 1 saturated carbocycles. The van der Waals surface area contributed by atoms with Crippen LogP contribution in [0.2, 0.25) is 0 Å². The fraction of sp³-hybridized carbons (Fsp3) is 0.643. The minimum Gasteiger partial charge on any atom is -0.353 e. The lowest BCUT2D eigenvalue weighted by atomic mass is 10.2. The molecule has 0 atom stereocenters. The lowest BCUT2D eigenvalue weighted by molar-refractivity contribution is -0.120. The Morgan fingerprint density at radius 2 is 1.95 bits per heavy atom. The number of sulfonamides is 1. The molecule has 116 valence electrons. The molecule has 1 N–H and O–H groups in total. The van der Waals surface area contributed by atoms with Crippen molar-refractivity contribution < 1.29 is 13.2 Å². The Hall–Kier alpha value is -0.920. The van der Waals surface area contributed by atoms with Crippen molar-refractivity contribution in [2.75, 3.05) is 13.1 Å². The third-order valence-electron chi connectivity index (χ3n) is 3.82. The maximum absolute atomic E-state index is 12.5. The molecular formula is C14H20N2O3S2. The number of nitrogens with zero attached hydrogens (tertiary/aromatic N) is 1. The SMILES string of the molecule is O=C(Cc1ccc(S(=O)(=O)N2CCCCC2)s1)NC1CC1. The summed E-state index contributed by atoms with van der Waals surface area (Å²) in [5, 5.41) is 2.92. The number of nitrogens with one attached hydrogen (secondary N) is 1. The maximum atomic E-state index is 12.5. The quantitative estimate of drug-likeness (QED) is 0.895. The molecule has 0 spiro atoms. The summed E-state index contributed by atoms with van der Waals surface area (Å²) in [5.74, 6) is -0.0127. The number of hydrogen-bond acceptors (Lipinski definition) is 4. The Labute approximate surface area is 129 Å². The van der Waals surface area contributed by atoms with Crippen LogP contribution in [-0.2, 0) is 21.2 Å². The molecule has 3 rings (SSSR count). The smallest absolute Gasteiger partial charge is 0.252 e. The number of piperidine rings is 1. The number of rotatable bonds is 5. The molecule has 0 radical (unpaired) electrons. The highest BCUT2D eigenvalue weighted by Crippen LogP contribution is 2.27. The highest BCUT2D eigenvalue weighted by Gasteiger charge is 2.28. The van der Waals surface area contributed by atoms with Crippen molar-refractivity contribution >= 4 is 27.3 Å². The average molecular weight is 328 g/mol. The summed E-state index contributed by atoms with van der Waals surface area (Å²) in [7, 11) is -3.37. The zero-order valence-electron chi connectivity index (χ0n) is 11.9. The van der Waals surface area contributed by atoms with Crippen LogP contribution in [0.25, 0.3) is 0 Å². The molecule has 7 heteroatoms. The molecule has 0 unspecified atom stereocenters. The lowest BCUT2D eigenvalue weighted by Crippen LogP contribution is -2.35. The topological polar surface area (TPSA) is 66.5 Å². The number of amides is 1. The van der Waals surface area contributed by atoms with Gasteiger partial charge in [-0.2, -0.15) is 4.31 Å². The molecule has 0 aromatic carbocycles. The van der Waals surface area contributed by atoms with Crippen LogP contribution in [0.3, 0.4) is 0 Å². The van der Waals surface area contributed by atoms with Crippen LogP contribution in [0, 0.1) is 0 Å². The van der Waals surface area contributed by atoms with Crippen LogP contribution in [0.4, 0.5) is 0 Å². The Morgan fingerprint density at radius 3 is 2.62 bits per heavy atom. The largest absolute Gasteiger partial charge is 0.353 e. The molecular weight excluding hydrogens is 308 g/mol. The third-order valence-corrected chi connectivity index (χ3v) is 7.27. The Morgan fingerprint density at radius 1 is 1.24 bits per heavy atom. The number of hydrogen-bond donors (Lipinski definition) is 1. The molecule has 1 aromatic heterocycles. The first-order valence-electron chi connectivity index (χ1n) is 7.44. The number of thiophene rings is 1. The molecule has 1 aliphatic heterocycles. The van der Waals surface area contributed by atoms with E-state index in [0.29, 0.717) is 23.3 Å². The van der Waals surface area contributed by atoms with E-state index in [4.69, 9.17) is 0 Å². The normalized spacial score (nSPS) is 20.4. The van der Waals surface area contributed by atoms with Gasteiger partial charge >= 0.3 is 0 Å². The van der Waals surface area contributed by atoms with Gasteiger partial charge in [0.25, 0.3) is 10.0 Å². The average Bonchev–Trinajstić information content (AvgIpc) is 3.14. The van der Waals surface area contributed by atoms with E-state index in [1.807, 2.05) is 0 Å². The molecule has 1 amide bonds. The molecule has 2 heterocycles. The molecule has 1 aromatic rings. The van der Waals surface area contributed by atoms with Gasteiger partial charge in [-0.05, 0) is 37.8 Å². The third kappa shape index (κ3) is 3.64. The molecule has 1 saturated heterocycles. The van der Waals surface area contributed by atoms with Gasteiger partial charge in [0.2, 0.25) is 5.91 Å². The zero-order valence-corrected chi connectivity index (χ0v) is 13.5. The molecule has 21 heavy (non-hydrogen) atoms. The van der Waals surface area contributed by atoms with Gasteiger partial charge in [-0.25, -0.2) is 8.42 Å². The molecule has 1 aliphatic carbocycles. The Balaban J connectivity index is 1.66. The monoisotopic (exact) mass is 328 g/mol. The van der Waals surface area contributed by atoms with Crippen molar-refractivity contribution in [2.45, 2.75) is 48.8 Å². The molecule has 5 nitrogen and oxygen atoms in total. The van der Waals surface area contributed by atoms with Crippen molar-refractivity contribution in [1.82, 2.24) is 9.62 Å². The summed E-state index contributed by atoms with van der Waals surface area (Å²) in [4.78, 5) is 12.6. The van der Waals surface area contributed by atoms with Crippen LogP contribution >= 0.6 is 11.3 Å². The second kappa shape index (κ2) is 6.06. The van der Waals surface area contributed by atoms with E-state index in [-0.39, 0.29) is 12.3 Å². The van der Waals surface area contributed by atoms with Crippen LogP contribution in [-0.4, -0.2) is 37.8 Å². The van der Waals surface area contributed by atoms with Gasteiger partial charge in [0, 0.05) is 24.0 Å². The summed E-state index contributed by atoms with van der Waals surface area (Å²) in [6.45, 7) is 1.22. The van der Waals surface area contributed by atoms with E-state index in [0.717, 1.165) is 37.0 Å². The summed E-state index contributed by atoms with van der Waals surface area (Å²) in [6.07, 6.45) is 5.36. The van der Waals surface area contributed by atoms with Crippen LogP contribution in [0.5, 0.6) is 0 Å². The second-order valence-corrected chi connectivity index (χ2v) is 9.04. The maximum Gasteiger partial charge on any atom is 0.252 e. The van der Waals surface area contributed by atoms with E-state index in [9.17, 15) is 13.2 Å². The van der Waals surface area contributed by atoms with Gasteiger partial charge in [0.1, 0.15) is 4.21 Å². The van der Waals surface area contributed by atoms with Crippen molar-refractivity contribution in [2.24, 2.45) is 0 Å². The predicted octanol–water partition coefficient (Wildman–Crippen LogP) is 1.74. The highest BCUT2D eigenvalue weighted by atomic mass is 32.2. The summed E-state index contributed by atoms with van der Waals surface area (Å²) < 4.78 is 26.9. The van der Waals surface area contributed by atoms with E-state index < -0.39 is 10.0 Å². The Kier molecular flexibility index (Phi) is 4.33. The zero-order chi connectivity index (χ0) is 14.9. The minimum absolute atomic E-state index is 0.0127. The molecule has 2 aliphatic rings. The Bertz CT molecular complexity index is 614. The van der Waals surface area contributed by atoms with Gasteiger partial charge in [0.15, 0.2) is 0 Å². The molecule has 0 bridgehead atoms. The van der Waals surface area contributed by atoms with Gasteiger partial charge in [0.05, 0.1) is 6.42 Å². The van der Waals surface area contributed by atoms with Crippen LogP contribution < -0.4 is 5.32 Å². The van der Waals surface area contributed by atoms with E-state index in [2.05, 4.69) is 5.32 Å². The van der Waals surface area contributed by atoms with Gasteiger partial charge in [-0.3, -0.25) is 4.79 Å². The standard InChI is InChI=1S/C14H20N2O3S2/c17-13(15-11-4-5-11)10-12-6-7-14(20-12)21(18,19)16-8-2-1-3-9-16/h6-7,11H,1-5,8-10H2,(H,15,17). The number of carbonyl (C=O) groups is 1. The minimum atomic E-state index is -3.37. The highest BCUT2D eigenvalue weighted by molar-refractivity contribution is 7.91. The van der Waals surface area contributed by atoms with Crippen LogP contribution in [0.15, 0.2) is 16.3 Å². The van der Waals surface area contributed by atoms with E-state index in [1.165, 1.54) is 11.3 Å². The van der Waals surface area contributed by atoms with Crippen LogP contribution in [0.1, 0.15) is 37.0 Å². The van der Waals surface area contributed by atoms with Crippen molar-refractivity contribution in [3.8, 4) is 0 Å². The van der Waals surface area contributed by atoms with E-state index in [1.54, 1.807) is 16.4 Å². The lowest BCUT2D eigenvalue weighted by Gasteiger charge is -2.25. The van der Waals surface area contributed by atoms with Crippen molar-refractivity contribution in [1.29, 1.82) is 0 Å². The predicted molar refractivity (Wildman–Crippen MR) is 81.8 cm³/mol. The summed E-state index contributed by atoms with van der Waals surface area (Å²) in [6, 6.07) is 3.73.